The van der Waals surface area contributed by atoms with Gasteiger partial charge in [-0.1, -0.05) is 23.9 Å². The van der Waals surface area contributed by atoms with Gasteiger partial charge in [0.2, 0.25) is 0 Å². The minimum Gasteiger partial charge on any atom is -0.422 e. The van der Waals surface area contributed by atoms with Gasteiger partial charge in [-0.15, -0.1) is 0 Å². The van der Waals surface area contributed by atoms with Gasteiger partial charge in [0.25, 0.3) is 5.62 Å². The monoisotopic (exact) mass is 196 g/mol. The Balaban J connectivity index is 2.37. The van der Waals surface area contributed by atoms with Crippen molar-refractivity contribution in [2.45, 2.75) is 10.5 Å². The average molecular weight is 196 g/mol. The summed E-state index contributed by atoms with van der Waals surface area (Å²) in [6.07, 6.45) is 0. The van der Waals surface area contributed by atoms with Crippen LogP contribution in [0.1, 0.15) is 10.4 Å². The zero-order valence-corrected chi connectivity index (χ0v) is 7.84. The third-order valence-electron chi connectivity index (χ3n) is 1.73. The van der Waals surface area contributed by atoms with Crippen LogP contribution in [0.25, 0.3) is 0 Å². The number of benzene rings is 1. The summed E-state index contributed by atoms with van der Waals surface area (Å²) in [5, 5.41) is 0. The van der Waals surface area contributed by atoms with Crippen LogP contribution in [0.15, 0.2) is 29.2 Å². The average Bonchev–Trinajstić information content (AvgIpc) is 2.18. The van der Waals surface area contributed by atoms with E-state index in [2.05, 4.69) is 0 Å². The van der Waals surface area contributed by atoms with E-state index in [-0.39, 0.29) is 5.97 Å². The second-order valence-electron chi connectivity index (χ2n) is 2.54. The topological polar surface area (TPSA) is 35.5 Å². The summed E-state index contributed by atoms with van der Waals surface area (Å²) in [4.78, 5) is 12.2. The Kier molecular flexibility index (Phi) is 2.24. The normalized spacial score (nSPS) is 20.7. The van der Waals surface area contributed by atoms with Gasteiger partial charge in [-0.3, -0.25) is 0 Å². The van der Waals surface area contributed by atoms with E-state index in [1.165, 1.54) is 18.9 Å². The molecule has 1 atom stereocenters. The van der Waals surface area contributed by atoms with Crippen LogP contribution in [0.4, 0.5) is 0 Å². The Hall–Kier alpha value is -1.00. The van der Waals surface area contributed by atoms with Gasteiger partial charge in [0.05, 0.1) is 5.56 Å². The van der Waals surface area contributed by atoms with Crippen LogP contribution in [0.3, 0.4) is 0 Å². The lowest BCUT2D eigenvalue weighted by molar-refractivity contribution is -0.0368. The van der Waals surface area contributed by atoms with Gasteiger partial charge in [0, 0.05) is 12.0 Å². The van der Waals surface area contributed by atoms with Crippen molar-refractivity contribution in [2.24, 2.45) is 0 Å². The number of hydrogen-bond donors (Lipinski definition) is 0. The van der Waals surface area contributed by atoms with Gasteiger partial charge in [-0.05, 0) is 12.1 Å². The molecule has 0 amide bonds. The van der Waals surface area contributed by atoms with Crippen LogP contribution in [0.2, 0.25) is 0 Å². The van der Waals surface area contributed by atoms with E-state index in [9.17, 15) is 4.79 Å². The molecule has 0 saturated heterocycles. The number of thioether (sulfide) groups is 1. The zero-order valence-electron chi connectivity index (χ0n) is 7.02. The van der Waals surface area contributed by atoms with Crippen molar-refractivity contribution in [1.82, 2.24) is 0 Å². The molecule has 0 aromatic heterocycles. The predicted octanol–water partition coefficient (Wildman–Crippen LogP) is 1.88. The third-order valence-corrected chi connectivity index (χ3v) is 2.82. The molecule has 0 spiro atoms. The first-order valence-corrected chi connectivity index (χ1v) is 4.68. The Bertz CT molecular complexity index is 337. The standard InChI is InChI=1S/C9H8O3S/c1-11-9-12-8(10)6-4-2-3-5-7(6)13-9/h2-5,9H,1H3. The molecule has 1 heterocycles. The molecule has 1 aliphatic heterocycles. The fourth-order valence-electron chi connectivity index (χ4n) is 1.11. The van der Waals surface area contributed by atoms with Crippen molar-refractivity contribution in [1.29, 1.82) is 0 Å². The van der Waals surface area contributed by atoms with Crippen LogP contribution in [-0.4, -0.2) is 18.7 Å². The summed E-state index contributed by atoms with van der Waals surface area (Å²) in [6, 6.07) is 7.33. The molecular weight excluding hydrogens is 188 g/mol. The predicted molar refractivity (Wildman–Crippen MR) is 48.5 cm³/mol. The molecule has 0 radical (unpaired) electrons. The lowest BCUT2D eigenvalue weighted by Crippen LogP contribution is -2.22. The minimum absolute atomic E-state index is 0.318. The van der Waals surface area contributed by atoms with Crippen LogP contribution in [-0.2, 0) is 9.47 Å². The molecule has 0 N–H and O–H groups in total. The molecule has 0 bridgehead atoms. The van der Waals surface area contributed by atoms with E-state index in [0.29, 0.717) is 5.56 Å². The summed E-state index contributed by atoms with van der Waals surface area (Å²) < 4.78 is 9.90. The van der Waals surface area contributed by atoms with Crippen LogP contribution >= 0.6 is 11.8 Å². The molecule has 4 heteroatoms. The summed E-state index contributed by atoms with van der Waals surface area (Å²) in [5.74, 6) is -0.318. The number of ether oxygens (including phenoxy) is 2. The Morgan fingerprint density at radius 2 is 2.23 bits per heavy atom. The van der Waals surface area contributed by atoms with Crippen LogP contribution < -0.4 is 0 Å². The summed E-state index contributed by atoms with van der Waals surface area (Å²) in [7, 11) is 1.51. The first kappa shape index (κ1) is 8.59. The number of fused-ring (bicyclic) bond motifs is 1. The molecule has 2 rings (SSSR count). The third kappa shape index (κ3) is 1.55. The molecule has 68 valence electrons. The maximum absolute atomic E-state index is 11.3. The molecular formula is C9H8O3S. The maximum Gasteiger partial charge on any atom is 0.342 e. The smallest absolute Gasteiger partial charge is 0.342 e. The summed E-state index contributed by atoms with van der Waals surface area (Å²) in [5.41, 5.74) is 0.100. The van der Waals surface area contributed by atoms with Crippen LogP contribution in [0, 0.1) is 0 Å². The molecule has 13 heavy (non-hydrogen) atoms. The Labute approximate surface area is 80.0 Å². The molecule has 1 unspecified atom stereocenters. The molecule has 0 fully saturated rings. The van der Waals surface area contributed by atoms with Crippen molar-refractivity contribution in [3.05, 3.63) is 29.8 Å². The molecule has 0 saturated carbocycles. The number of rotatable bonds is 1. The Morgan fingerprint density at radius 1 is 1.46 bits per heavy atom. The van der Waals surface area contributed by atoms with E-state index < -0.39 is 5.62 Å². The lowest BCUT2D eigenvalue weighted by atomic mass is 10.2. The number of carbonyl (C=O) groups is 1. The van der Waals surface area contributed by atoms with Gasteiger partial charge >= 0.3 is 5.97 Å². The lowest BCUT2D eigenvalue weighted by Gasteiger charge is -2.21. The summed E-state index contributed by atoms with van der Waals surface area (Å²) >= 11 is 1.40. The second kappa shape index (κ2) is 3.40. The highest BCUT2D eigenvalue weighted by molar-refractivity contribution is 7.99. The molecule has 0 aliphatic carbocycles. The molecule has 1 aromatic rings. The van der Waals surface area contributed by atoms with Gasteiger partial charge < -0.3 is 9.47 Å². The fraction of sp³-hybridized carbons (Fsp3) is 0.222. The van der Waals surface area contributed by atoms with Crippen molar-refractivity contribution < 1.29 is 14.3 Å². The number of hydrogen-bond acceptors (Lipinski definition) is 4. The summed E-state index contributed by atoms with van der Waals surface area (Å²) in [6.45, 7) is 0. The van der Waals surface area contributed by atoms with Crippen molar-refractivity contribution in [3.63, 3.8) is 0 Å². The van der Waals surface area contributed by atoms with Gasteiger partial charge in [0.15, 0.2) is 0 Å². The minimum atomic E-state index is -0.512. The Morgan fingerprint density at radius 3 is 3.00 bits per heavy atom. The number of carbonyl (C=O) groups excluding carboxylic acids is 1. The van der Waals surface area contributed by atoms with E-state index >= 15 is 0 Å². The van der Waals surface area contributed by atoms with E-state index in [1.807, 2.05) is 18.2 Å². The largest absolute Gasteiger partial charge is 0.422 e. The number of cyclic esters (lactones) is 1. The number of methoxy groups -OCH3 is 1. The van der Waals surface area contributed by atoms with Crippen LogP contribution in [0.5, 0.6) is 0 Å². The van der Waals surface area contributed by atoms with Gasteiger partial charge in [0.1, 0.15) is 0 Å². The molecule has 3 nitrogen and oxygen atoms in total. The van der Waals surface area contributed by atoms with E-state index in [4.69, 9.17) is 9.47 Å². The zero-order chi connectivity index (χ0) is 9.26. The SMILES string of the molecule is COC1OC(=O)c2ccccc2S1. The highest BCUT2D eigenvalue weighted by Crippen LogP contribution is 2.33. The van der Waals surface area contributed by atoms with Crippen molar-refractivity contribution >= 4 is 17.7 Å². The van der Waals surface area contributed by atoms with E-state index in [0.717, 1.165) is 4.90 Å². The quantitative estimate of drug-likeness (QED) is 0.642. The molecule has 1 aromatic carbocycles. The highest BCUT2D eigenvalue weighted by atomic mass is 32.2. The first-order chi connectivity index (χ1) is 6.31. The van der Waals surface area contributed by atoms with Gasteiger partial charge in [-0.2, -0.15) is 0 Å². The van der Waals surface area contributed by atoms with E-state index in [1.54, 1.807) is 6.07 Å². The second-order valence-corrected chi connectivity index (χ2v) is 3.60. The maximum atomic E-state index is 11.3. The van der Waals surface area contributed by atoms with Crippen molar-refractivity contribution in [3.8, 4) is 0 Å². The first-order valence-electron chi connectivity index (χ1n) is 3.81. The highest BCUT2D eigenvalue weighted by Gasteiger charge is 2.25. The van der Waals surface area contributed by atoms with Gasteiger partial charge in [-0.25, -0.2) is 4.79 Å². The van der Waals surface area contributed by atoms with Crippen molar-refractivity contribution in [2.75, 3.05) is 7.11 Å². The fourth-order valence-corrected chi connectivity index (χ4v) is 1.99. The number of esters is 1. The molecule has 1 aliphatic rings.